The molecular weight excluding hydrogens is 396 g/mol. The van der Waals surface area contributed by atoms with Crippen molar-refractivity contribution in [3.63, 3.8) is 0 Å². The molecule has 0 aromatic heterocycles. The molecule has 3 fully saturated rings. The van der Waals surface area contributed by atoms with E-state index in [1.807, 2.05) is 24.3 Å². The quantitative estimate of drug-likeness (QED) is 0.619. The number of carbonyl (C=O) groups excluding carboxylic acids is 3. The minimum absolute atomic E-state index is 0.0370. The van der Waals surface area contributed by atoms with E-state index in [9.17, 15) is 14.4 Å². The van der Waals surface area contributed by atoms with Crippen LogP contribution in [0.4, 0.5) is 4.79 Å². The molecule has 0 spiro atoms. The summed E-state index contributed by atoms with van der Waals surface area (Å²) in [6, 6.07) is 7.48. The van der Waals surface area contributed by atoms with E-state index in [2.05, 4.69) is 15.5 Å². The molecule has 1 aromatic carbocycles. The van der Waals surface area contributed by atoms with Crippen molar-refractivity contribution in [3.05, 3.63) is 29.8 Å². The lowest BCUT2D eigenvalue weighted by molar-refractivity contribution is -0.135. The number of benzene rings is 1. The van der Waals surface area contributed by atoms with E-state index in [-0.39, 0.29) is 30.3 Å². The highest BCUT2D eigenvalue weighted by molar-refractivity contribution is 6.09. The lowest BCUT2D eigenvalue weighted by Crippen LogP contribution is -2.47. The van der Waals surface area contributed by atoms with Gasteiger partial charge in [-0.15, -0.1) is 0 Å². The monoisotopic (exact) mass is 428 g/mol. The minimum atomic E-state index is -0.864. The Kier molecular flexibility index (Phi) is 6.18. The van der Waals surface area contributed by atoms with Crippen LogP contribution in [0.3, 0.4) is 0 Å². The molecule has 1 aromatic rings. The van der Waals surface area contributed by atoms with Crippen LogP contribution in [0.1, 0.15) is 50.6 Å². The van der Waals surface area contributed by atoms with Gasteiger partial charge in [0.05, 0.1) is 13.2 Å². The summed E-state index contributed by atoms with van der Waals surface area (Å²) in [6.07, 6.45) is 5.37. The van der Waals surface area contributed by atoms with E-state index in [1.54, 1.807) is 14.0 Å². The number of hydrogen-bond acceptors (Lipinski definition) is 5. The maximum absolute atomic E-state index is 12.8. The summed E-state index contributed by atoms with van der Waals surface area (Å²) in [7, 11) is 1.64. The second kappa shape index (κ2) is 8.86. The summed E-state index contributed by atoms with van der Waals surface area (Å²) < 4.78 is 5.27. The Labute approximate surface area is 183 Å². The molecule has 8 nitrogen and oxygen atoms in total. The van der Waals surface area contributed by atoms with Crippen LogP contribution in [-0.2, 0) is 9.59 Å². The first-order valence-electron chi connectivity index (χ1n) is 11.2. The third-order valence-corrected chi connectivity index (χ3v) is 6.82. The van der Waals surface area contributed by atoms with Crippen LogP contribution in [0.15, 0.2) is 24.3 Å². The normalized spacial score (nSPS) is 25.3. The number of urea groups is 1. The Morgan fingerprint density at radius 2 is 1.87 bits per heavy atom. The fourth-order valence-electron chi connectivity index (χ4n) is 4.72. The minimum Gasteiger partial charge on any atom is -0.497 e. The van der Waals surface area contributed by atoms with Crippen molar-refractivity contribution in [3.8, 4) is 5.75 Å². The zero-order chi connectivity index (χ0) is 22.0. The zero-order valence-corrected chi connectivity index (χ0v) is 18.4. The van der Waals surface area contributed by atoms with E-state index < -0.39 is 11.6 Å². The average Bonchev–Trinajstić information content (AvgIpc) is 3.61. The van der Waals surface area contributed by atoms with Crippen molar-refractivity contribution in [2.75, 3.05) is 33.3 Å². The van der Waals surface area contributed by atoms with Gasteiger partial charge in [0, 0.05) is 6.54 Å². The molecule has 4 rings (SSSR count). The van der Waals surface area contributed by atoms with Crippen molar-refractivity contribution in [2.45, 2.75) is 50.6 Å². The van der Waals surface area contributed by atoms with Crippen LogP contribution in [-0.4, -0.2) is 66.5 Å². The average molecular weight is 429 g/mol. The van der Waals surface area contributed by atoms with Crippen molar-refractivity contribution in [1.29, 1.82) is 0 Å². The summed E-state index contributed by atoms with van der Waals surface area (Å²) in [5.74, 6) is 0.356. The van der Waals surface area contributed by atoms with E-state index in [4.69, 9.17) is 4.74 Å². The number of carbonyl (C=O) groups is 3. The Balaban J connectivity index is 1.39. The lowest BCUT2D eigenvalue weighted by atomic mass is 9.96. The van der Waals surface area contributed by atoms with Gasteiger partial charge in [-0.3, -0.25) is 19.4 Å². The molecular formula is C23H32N4O4. The lowest BCUT2D eigenvalue weighted by Gasteiger charge is -2.35. The molecule has 3 aliphatic rings. The van der Waals surface area contributed by atoms with Crippen molar-refractivity contribution in [2.24, 2.45) is 5.92 Å². The van der Waals surface area contributed by atoms with Crippen molar-refractivity contribution < 1.29 is 19.1 Å². The van der Waals surface area contributed by atoms with Gasteiger partial charge in [0.15, 0.2) is 0 Å². The van der Waals surface area contributed by atoms with E-state index in [1.165, 1.54) is 6.42 Å². The highest BCUT2D eigenvalue weighted by atomic mass is 16.5. The molecule has 0 radical (unpaired) electrons. The van der Waals surface area contributed by atoms with Crippen LogP contribution in [0, 0.1) is 5.92 Å². The Bertz CT molecular complexity index is 832. The van der Waals surface area contributed by atoms with Crippen LogP contribution in [0.2, 0.25) is 0 Å². The second-order valence-electron chi connectivity index (χ2n) is 8.99. The van der Waals surface area contributed by atoms with E-state index in [0.717, 1.165) is 55.0 Å². The number of rotatable bonds is 8. The molecule has 2 aliphatic heterocycles. The number of nitrogens with zero attached hydrogens (tertiary/aromatic N) is 2. The molecule has 8 heteroatoms. The predicted molar refractivity (Wildman–Crippen MR) is 116 cm³/mol. The maximum atomic E-state index is 12.8. The van der Waals surface area contributed by atoms with Gasteiger partial charge in [-0.1, -0.05) is 18.6 Å². The van der Waals surface area contributed by atoms with Crippen LogP contribution in [0.25, 0.3) is 0 Å². The summed E-state index contributed by atoms with van der Waals surface area (Å²) in [5.41, 5.74) is 0.246. The van der Waals surface area contributed by atoms with Gasteiger partial charge in [0.2, 0.25) is 5.91 Å². The van der Waals surface area contributed by atoms with Gasteiger partial charge in [0.25, 0.3) is 5.91 Å². The topological polar surface area (TPSA) is 91.0 Å². The van der Waals surface area contributed by atoms with Gasteiger partial charge < -0.3 is 15.4 Å². The number of amides is 4. The first-order chi connectivity index (χ1) is 14.9. The van der Waals surface area contributed by atoms with Crippen molar-refractivity contribution in [1.82, 2.24) is 20.4 Å². The zero-order valence-electron chi connectivity index (χ0n) is 18.4. The molecule has 2 N–H and O–H groups in total. The fraction of sp³-hybridized carbons (Fsp3) is 0.609. The van der Waals surface area contributed by atoms with Gasteiger partial charge in [0.1, 0.15) is 17.8 Å². The summed E-state index contributed by atoms with van der Waals surface area (Å²) >= 11 is 0. The molecule has 168 valence electrons. The van der Waals surface area contributed by atoms with Crippen LogP contribution >= 0.6 is 0 Å². The van der Waals surface area contributed by atoms with Gasteiger partial charge in [-0.25, -0.2) is 4.79 Å². The SMILES string of the molecule is COc1ccc([C@@H](CNC(=O)CN2C(=O)N[C@@](C)(C3CC3)C2=O)N2CCCCC2)cc1. The Morgan fingerprint density at radius 3 is 2.48 bits per heavy atom. The number of ether oxygens (including phenoxy) is 1. The van der Waals surface area contributed by atoms with E-state index in [0.29, 0.717) is 6.54 Å². The summed E-state index contributed by atoms with van der Waals surface area (Å²) in [6.45, 7) is 3.91. The number of methoxy groups -OCH3 is 1. The number of hydrogen-bond donors (Lipinski definition) is 2. The first kappa shape index (κ1) is 21.6. The van der Waals surface area contributed by atoms with Gasteiger partial charge >= 0.3 is 6.03 Å². The molecule has 1 aliphatic carbocycles. The highest BCUT2D eigenvalue weighted by Crippen LogP contribution is 2.42. The fourth-order valence-corrected chi connectivity index (χ4v) is 4.72. The smallest absolute Gasteiger partial charge is 0.325 e. The van der Waals surface area contributed by atoms with Crippen LogP contribution in [0.5, 0.6) is 5.75 Å². The third-order valence-electron chi connectivity index (χ3n) is 6.82. The second-order valence-corrected chi connectivity index (χ2v) is 8.99. The molecule has 1 saturated carbocycles. The van der Waals surface area contributed by atoms with Crippen LogP contribution < -0.4 is 15.4 Å². The first-order valence-corrected chi connectivity index (χ1v) is 11.2. The predicted octanol–water partition coefficient (Wildman–Crippen LogP) is 2.06. The molecule has 4 amide bonds. The Morgan fingerprint density at radius 1 is 1.19 bits per heavy atom. The number of likely N-dealkylation sites (tertiary alicyclic amines) is 1. The van der Waals surface area contributed by atoms with Crippen molar-refractivity contribution >= 4 is 17.8 Å². The molecule has 2 saturated heterocycles. The molecule has 0 unspecified atom stereocenters. The molecule has 2 atom stereocenters. The molecule has 2 heterocycles. The third kappa shape index (κ3) is 4.54. The maximum Gasteiger partial charge on any atom is 0.325 e. The molecule has 31 heavy (non-hydrogen) atoms. The number of piperidine rings is 1. The van der Waals surface area contributed by atoms with E-state index >= 15 is 0 Å². The number of imide groups is 1. The van der Waals surface area contributed by atoms with Gasteiger partial charge in [-0.2, -0.15) is 0 Å². The summed E-state index contributed by atoms with van der Waals surface area (Å²) in [5, 5.41) is 5.75. The Hall–Kier alpha value is -2.61. The van der Waals surface area contributed by atoms with Gasteiger partial charge in [-0.05, 0) is 69.3 Å². The standard InChI is InChI=1S/C23H32N4O4/c1-23(17-8-9-17)21(29)27(22(30)25-23)15-20(28)24-14-19(26-12-4-3-5-13-26)16-6-10-18(31-2)11-7-16/h6-7,10-11,17,19H,3-5,8-9,12-15H2,1-2H3,(H,24,28)(H,25,30)/t19-,23+/m1/s1. The summed E-state index contributed by atoms with van der Waals surface area (Å²) in [4.78, 5) is 41.2. The largest absolute Gasteiger partial charge is 0.497 e. The highest BCUT2D eigenvalue weighted by Gasteiger charge is 2.56. The molecule has 0 bridgehead atoms. The number of nitrogens with one attached hydrogen (secondary N) is 2.